The summed E-state index contributed by atoms with van der Waals surface area (Å²) in [7, 11) is -7.26. The molecule has 2 aromatic carbocycles. The van der Waals surface area contributed by atoms with Crippen LogP contribution < -0.4 is 4.72 Å². The summed E-state index contributed by atoms with van der Waals surface area (Å²) >= 11 is 1.42. The van der Waals surface area contributed by atoms with Crippen LogP contribution in [0.3, 0.4) is 0 Å². The topological polar surface area (TPSA) is 111 Å². The van der Waals surface area contributed by atoms with Crippen molar-refractivity contribution in [3.8, 4) is 5.69 Å². The zero-order valence-electron chi connectivity index (χ0n) is 14.4. The summed E-state index contributed by atoms with van der Waals surface area (Å²) in [5, 5.41) is 8.51. The number of hydrogen-bond acceptors (Lipinski definition) is 7. The Balaban J connectivity index is 1.89. The first kappa shape index (κ1) is 19.4. The lowest BCUT2D eigenvalue weighted by atomic mass is 10.3. The molecule has 3 rings (SSSR count). The number of sulfone groups is 1. The predicted octanol–water partition coefficient (Wildman–Crippen LogP) is 2.19. The van der Waals surface area contributed by atoms with E-state index in [4.69, 9.17) is 0 Å². The van der Waals surface area contributed by atoms with Crippen molar-refractivity contribution in [2.75, 3.05) is 17.2 Å². The molecule has 1 heterocycles. The molecule has 0 unspecified atom stereocenters. The summed E-state index contributed by atoms with van der Waals surface area (Å²) < 4.78 is 52.4. The molecule has 0 amide bonds. The van der Waals surface area contributed by atoms with Gasteiger partial charge in [0.2, 0.25) is 0 Å². The molecule has 0 aliphatic heterocycles. The Hall–Kier alpha value is -2.37. The molecule has 0 fully saturated rings. The third-order valence-electron chi connectivity index (χ3n) is 3.64. The standard InChI is InChI=1S/C16H16N4O4S3/c1-25-16-18-17-11-20(16)13-5-3-4-12(10-13)19-27(23,24)15-8-6-14(7-9-15)26(2,21)22/h3-11,19H,1-2H3. The largest absolute Gasteiger partial charge is 0.280 e. The molecule has 0 radical (unpaired) electrons. The number of nitrogens with one attached hydrogen (secondary N) is 1. The molecule has 0 atom stereocenters. The van der Waals surface area contributed by atoms with Gasteiger partial charge in [0.1, 0.15) is 6.33 Å². The number of rotatable bonds is 6. The summed E-state index contributed by atoms with van der Waals surface area (Å²) in [5.41, 5.74) is 1.07. The number of hydrogen-bond donors (Lipinski definition) is 1. The van der Waals surface area contributed by atoms with Crippen LogP contribution in [-0.4, -0.2) is 44.1 Å². The molecule has 0 saturated heterocycles. The van der Waals surface area contributed by atoms with Crippen LogP contribution in [0.1, 0.15) is 0 Å². The Morgan fingerprint density at radius 2 is 1.67 bits per heavy atom. The van der Waals surface area contributed by atoms with Gasteiger partial charge in [0, 0.05) is 6.26 Å². The van der Waals surface area contributed by atoms with Gasteiger partial charge in [-0.1, -0.05) is 17.8 Å². The second-order valence-electron chi connectivity index (χ2n) is 5.59. The van der Waals surface area contributed by atoms with Gasteiger partial charge in [0.25, 0.3) is 10.0 Å². The van der Waals surface area contributed by atoms with Crippen molar-refractivity contribution in [1.82, 2.24) is 14.8 Å². The molecule has 11 heteroatoms. The number of nitrogens with zero attached hydrogens (tertiary/aromatic N) is 3. The zero-order chi connectivity index (χ0) is 19.7. The van der Waals surface area contributed by atoms with E-state index in [1.807, 2.05) is 12.3 Å². The van der Waals surface area contributed by atoms with Gasteiger partial charge < -0.3 is 0 Å². The fourth-order valence-corrected chi connectivity index (χ4v) is 4.50. The van der Waals surface area contributed by atoms with E-state index in [1.54, 1.807) is 29.1 Å². The summed E-state index contributed by atoms with van der Waals surface area (Å²) in [6.07, 6.45) is 4.48. The first-order valence-electron chi connectivity index (χ1n) is 7.58. The number of anilines is 1. The van der Waals surface area contributed by atoms with Gasteiger partial charge in [-0.3, -0.25) is 9.29 Å². The van der Waals surface area contributed by atoms with Crippen LogP contribution >= 0.6 is 11.8 Å². The minimum Gasteiger partial charge on any atom is -0.280 e. The maximum Gasteiger partial charge on any atom is 0.261 e. The lowest BCUT2D eigenvalue weighted by Gasteiger charge is -2.11. The monoisotopic (exact) mass is 424 g/mol. The highest BCUT2D eigenvalue weighted by atomic mass is 32.2. The van der Waals surface area contributed by atoms with Crippen molar-refractivity contribution < 1.29 is 16.8 Å². The molecular formula is C16H16N4O4S3. The number of thioether (sulfide) groups is 1. The molecule has 1 aromatic heterocycles. The third kappa shape index (κ3) is 4.31. The molecule has 27 heavy (non-hydrogen) atoms. The predicted molar refractivity (Wildman–Crippen MR) is 104 cm³/mol. The van der Waals surface area contributed by atoms with Crippen LogP contribution in [0.4, 0.5) is 5.69 Å². The average Bonchev–Trinajstić information content (AvgIpc) is 3.10. The van der Waals surface area contributed by atoms with Gasteiger partial charge in [-0.25, -0.2) is 16.8 Å². The number of sulfonamides is 1. The maximum absolute atomic E-state index is 12.6. The van der Waals surface area contributed by atoms with E-state index in [0.29, 0.717) is 16.5 Å². The maximum atomic E-state index is 12.6. The Morgan fingerprint density at radius 1 is 1.00 bits per heavy atom. The lowest BCUT2D eigenvalue weighted by molar-refractivity contribution is 0.597. The van der Waals surface area contributed by atoms with E-state index in [9.17, 15) is 16.8 Å². The van der Waals surface area contributed by atoms with Gasteiger partial charge in [0.05, 0.1) is 21.2 Å². The highest BCUT2D eigenvalue weighted by molar-refractivity contribution is 7.98. The van der Waals surface area contributed by atoms with E-state index in [1.165, 1.54) is 36.0 Å². The van der Waals surface area contributed by atoms with Crippen molar-refractivity contribution in [3.05, 3.63) is 54.9 Å². The van der Waals surface area contributed by atoms with Crippen LogP contribution in [0.25, 0.3) is 5.69 Å². The van der Waals surface area contributed by atoms with Gasteiger partial charge in [-0.05, 0) is 48.7 Å². The molecular weight excluding hydrogens is 408 g/mol. The molecule has 142 valence electrons. The van der Waals surface area contributed by atoms with E-state index in [0.717, 1.165) is 6.26 Å². The van der Waals surface area contributed by atoms with Crippen molar-refractivity contribution in [2.24, 2.45) is 0 Å². The molecule has 0 spiro atoms. The van der Waals surface area contributed by atoms with Gasteiger partial charge >= 0.3 is 0 Å². The summed E-state index contributed by atoms with van der Waals surface area (Å²) in [6, 6.07) is 11.8. The highest BCUT2D eigenvalue weighted by Crippen LogP contribution is 2.22. The average molecular weight is 425 g/mol. The first-order valence-corrected chi connectivity index (χ1v) is 12.2. The van der Waals surface area contributed by atoms with Crippen molar-refractivity contribution in [2.45, 2.75) is 14.9 Å². The first-order chi connectivity index (χ1) is 12.7. The van der Waals surface area contributed by atoms with Crippen molar-refractivity contribution >= 4 is 37.3 Å². The fraction of sp³-hybridized carbons (Fsp3) is 0.125. The summed E-state index contributed by atoms with van der Waals surface area (Å²) in [6.45, 7) is 0. The summed E-state index contributed by atoms with van der Waals surface area (Å²) in [4.78, 5) is 0.0232. The van der Waals surface area contributed by atoms with Gasteiger partial charge in [-0.15, -0.1) is 10.2 Å². The van der Waals surface area contributed by atoms with Gasteiger partial charge in [-0.2, -0.15) is 0 Å². The molecule has 0 aliphatic carbocycles. The normalized spacial score (nSPS) is 12.1. The molecule has 1 N–H and O–H groups in total. The molecule has 0 saturated carbocycles. The second-order valence-corrected chi connectivity index (χ2v) is 10.1. The minimum atomic E-state index is -3.87. The Bertz CT molecular complexity index is 1170. The Labute approximate surface area is 161 Å². The van der Waals surface area contributed by atoms with Crippen LogP contribution in [0.5, 0.6) is 0 Å². The second kappa shape index (κ2) is 7.33. The molecule has 0 bridgehead atoms. The van der Waals surface area contributed by atoms with Gasteiger partial charge in [0.15, 0.2) is 15.0 Å². The lowest BCUT2D eigenvalue weighted by Crippen LogP contribution is -2.13. The number of benzene rings is 2. The molecule has 3 aromatic rings. The van der Waals surface area contributed by atoms with E-state index in [-0.39, 0.29) is 9.79 Å². The highest BCUT2D eigenvalue weighted by Gasteiger charge is 2.16. The zero-order valence-corrected chi connectivity index (χ0v) is 16.8. The summed E-state index contributed by atoms with van der Waals surface area (Å²) in [5.74, 6) is 0. The van der Waals surface area contributed by atoms with Crippen LogP contribution in [0.15, 0.2) is 69.8 Å². The SMILES string of the molecule is CSc1nncn1-c1cccc(NS(=O)(=O)c2ccc(S(C)(=O)=O)cc2)c1. The quantitative estimate of drug-likeness (QED) is 0.604. The molecule has 8 nitrogen and oxygen atoms in total. The van der Waals surface area contributed by atoms with Crippen LogP contribution in [0.2, 0.25) is 0 Å². The van der Waals surface area contributed by atoms with E-state index in [2.05, 4.69) is 14.9 Å². The van der Waals surface area contributed by atoms with E-state index < -0.39 is 19.9 Å². The van der Waals surface area contributed by atoms with Crippen LogP contribution in [-0.2, 0) is 19.9 Å². The van der Waals surface area contributed by atoms with E-state index >= 15 is 0 Å². The third-order valence-corrected chi connectivity index (χ3v) is 6.81. The minimum absolute atomic E-state index is 0.0330. The molecule has 0 aliphatic rings. The van der Waals surface area contributed by atoms with Crippen LogP contribution in [0, 0.1) is 0 Å². The Morgan fingerprint density at radius 3 is 2.30 bits per heavy atom. The fourth-order valence-electron chi connectivity index (χ4n) is 2.34. The smallest absolute Gasteiger partial charge is 0.261 e. The number of aromatic nitrogens is 3. The Kier molecular flexibility index (Phi) is 5.27. The van der Waals surface area contributed by atoms with Crippen molar-refractivity contribution in [1.29, 1.82) is 0 Å². The van der Waals surface area contributed by atoms with Crippen molar-refractivity contribution in [3.63, 3.8) is 0 Å².